The summed E-state index contributed by atoms with van der Waals surface area (Å²) in [6.45, 7) is 2.22. The molecule has 2 N–H and O–H groups in total. The zero-order valence-electron chi connectivity index (χ0n) is 10.0. The van der Waals surface area contributed by atoms with Crippen LogP contribution >= 0.6 is 0 Å². The van der Waals surface area contributed by atoms with Gasteiger partial charge >= 0.3 is 6.01 Å². The minimum absolute atomic E-state index is 0.131. The zero-order chi connectivity index (χ0) is 11.4. The number of hydrogen-bond donors (Lipinski definition) is 1. The lowest BCUT2D eigenvalue weighted by Gasteiger charge is -2.28. The molecule has 0 spiro atoms. The molecule has 0 aliphatic heterocycles. The molecule has 0 amide bonds. The van der Waals surface area contributed by atoms with Crippen LogP contribution in [0, 0.1) is 0 Å². The van der Waals surface area contributed by atoms with Crippen molar-refractivity contribution in [1.29, 1.82) is 0 Å². The second-order valence-electron chi connectivity index (χ2n) is 4.90. The molecule has 0 bridgehead atoms. The standard InChI is InChI=1S/C12H21N3O/c1-2-7-12(8-5-3-4-6-9-12)10-14-11(13)16-15-10/h2-9H2,1H3,(H2,13,14,15). The highest BCUT2D eigenvalue weighted by Gasteiger charge is 2.36. The summed E-state index contributed by atoms with van der Waals surface area (Å²) in [6.07, 6.45) is 9.88. The van der Waals surface area contributed by atoms with E-state index in [0.717, 1.165) is 18.7 Å². The van der Waals surface area contributed by atoms with Gasteiger partial charge in [0.1, 0.15) is 0 Å². The SMILES string of the molecule is CCCC1(c2noc(N)n2)CCCCCC1. The number of rotatable bonds is 3. The molecule has 0 aromatic carbocycles. The molecule has 0 saturated heterocycles. The third-order valence-corrected chi connectivity index (χ3v) is 3.71. The summed E-state index contributed by atoms with van der Waals surface area (Å²) in [5, 5.41) is 4.06. The van der Waals surface area contributed by atoms with E-state index in [1.54, 1.807) is 0 Å². The molecule has 0 atom stereocenters. The summed E-state index contributed by atoms with van der Waals surface area (Å²) in [5.41, 5.74) is 5.67. The number of nitrogen functional groups attached to an aromatic ring is 1. The van der Waals surface area contributed by atoms with Gasteiger partial charge in [-0.05, 0) is 19.3 Å². The van der Waals surface area contributed by atoms with Crippen LogP contribution in [0.3, 0.4) is 0 Å². The van der Waals surface area contributed by atoms with Crippen molar-refractivity contribution in [3.05, 3.63) is 5.82 Å². The van der Waals surface area contributed by atoms with E-state index in [4.69, 9.17) is 10.3 Å². The Kier molecular flexibility index (Phi) is 3.46. The van der Waals surface area contributed by atoms with Crippen LogP contribution in [0.4, 0.5) is 6.01 Å². The lowest BCUT2D eigenvalue weighted by atomic mass is 9.76. The summed E-state index contributed by atoms with van der Waals surface area (Å²) < 4.78 is 4.95. The summed E-state index contributed by atoms with van der Waals surface area (Å²) in [7, 11) is 0. The number of hydrogen-bond acceptors (Lipinski definition) is 4. The molecule has 1 saturated carbocycles. The molecule has 0 unspecified atom stereocenters. The Labute approximate surface area is 96.6 Å². The predicted octanol–water partition coefficient (Wildman–Crippen LogP) is 3.04. The van der Waals surface area contributed by atoms with Gasteiger partial charge in [0.2, 0.25) is 0 Å². The maximum atomic E-state index is 5.54. The zero-order valence-corrected chi connectivity index (χ0v) is 10.0. The molecule has 16 heavy (non-hydrogen) atoms. The monoisotopic (exact) mass is 223 g/mol. The van der Waals surface area contributed by atoms with Gasteiger partial charge in [-0.1, -0.05) is 44.2 Å². The minimum atomic E-state index is 0.131. The maximum absolute atomic E-state index is 5.54. The first-order chi connectivity index (χ1) is 7.77. The van der Waals surface area contributed by atoms with E-state index in [9.17, 15) is 0 Å². The Bertz CT molecular complexity index is 327. The maximum Gasteiger partial charge on any atom is 0.318 e. The van der Waals surface area contributed by atoms with Crippen molar-refractivity contribution < 1.29 is 4.52 Å². The molecule has 1 aromatic rings. The lowest BCUT2D eigenvalue weighted by Crippen LogP contribution is -2.27. The highest BCUT2D eigenvalue weighted by atomic mass is 16.5. The summed E-state index contributed by atoms with van der Waals surface area (Å²) >= 11 is 0. The molecule has 1 aliphatic carbocycles. The van der Waals surface area contributed by atoms with Gasteiger partial charge in [0.15, 0.2) is 5.82 Å². The lowest BCUT2D eigenvalue weighted by molar-refractivity contribution is 0.303. The Morgan fingerprint density at radius 1 is 1.25 bits per heavy atom. The molecule has 0 radical (unpaired) electrons. The van der Waals surface area contributed by atoms with Gasteiger partial charge in [-0.15, -0.1) is 0 Å². The largest absolute Gasteiger partial charge is 0.351 e. The Morgan fingerprint density at radius 3 is 2.44 bits per heavy atom. The van der Waals surface area contributed by atoms with Gasteiger partial charge in [0.25, 0.3) is 0 Å². The van der Waals surface area contributed by atoms with Crippen LogP contribution < -0.4 is 5.73 Å². The van der Waals surface area contributed by atoms with Gasteiger partial charge < -0.3 is 10.3 Å². The Balaban J connectivity index is 2.25. The predicted molar refractivity (Wildman–Crippen MR) is 63.0 cm³/mol. The van der Waals surface area contributed by atoms with Crippen LogP contribution in [0.25, 0.3) is 0 Å². The van der Waals surface area contributed by atoms with Crippen molar-refractivity contribution in [2.24, 2.45) is 0 Å². The topological polar surface area (TPSA) is 64.9 Å². The molecule has 1 aromatic heterocycles. The Morgan fingerprint density at radius 2 is 1.94 bits per heavy atom. The fraction of sp³-hybridized carbons (Fsp3) is 0.833. The van der Waals surface area contributed by atoms with E-state index in [-0.39, 0.29) is 11.4 Å². The van der Waals surface area contributed by atoms with E-state index >= 15 is 0 Å². The molecule has 1 fully saturated rings. The summed E-state index contributed by atoms with van der Waals surface area (Å²) in [5.74, 6) is 0.841. The second-order valence-corrected chi connectivity index (χ2v) is 4.90. The van der Waals surface area contributed by atoms with Gasteiger partial charge in [0, 0.05) is 5.41 Å². The molecule has 1 heterocycles. The summed E-state index contributed by atoms with van der Waals surface area (Å²) in [4.78, 5) is 4.27. The molecule has 4 nitrogen and oxygen atoms in total. The smallest absolute Gasteiger partial charge is 0.318 e. The van der Waals surface area contributed by atoms with Crippen LogP contribution in [0.2, 0.25) is 0 Å². The molecular weight excluding hydrogens is 202 g/mol. The van der Waals surface area contributed by atoms with Gasteiger partial charge in [0.05, 0.1) is 0 Å². The molecule has 90 valence electrons. The van der Waals surface area contributed by atoms with Crippen LogP contribution in [0.15, 0.2) is 4.52 Å². The third-order valence-electron chi connectivity index (χ3n) is 3.71. The highest BCUT2D eigenvalue weighted by molar-refractivity contribution is 5.15. The van der Waals surface area contributed by atoms with Crippen LogP contribution in [-0.2, 0) is 5.41 Å². The second kappa shape index (κ2) is 4.85. The summed E-state index contributed by atoms with van der Waals surface area (Å²) in [6, 6.07) is 0.203. The molecule has 4 heteroatoms. The average molecular weight is 223 g/mol. The number of nitrogens with two attached hydrogens (primary N) is 1. The van der Waals surface area contributed by atoms with Gasteiger partial charge in [-0.2, -0.15) is 4.98 Å². The quantitative estimate of drug-likeness (QED) is 0.800. The van der Waals surface area contributed by atoms with Crippen LogP contribution in [0.5, 0.6) is 0 Å². The first-order valence-electron chi connectivity index (χ1n) is 6.36. The highest BCUT2D eigenvalue weighted by Crippen LogP contribution is 2.40. The van der Waals surface area contributed by atoms with Crippen molar-refractivity contribution >= 4 is 6.01 Å². The first kappa shape index (κ1) is 11.4. The van der Waals surface area contributed by atoms with E-state index in [2.05, 4.69) is 17.1 Å². The molecular formula is C12H21N3O. The van der Waals surface area contributed by atoms with Crippen molar-refractivity contribution in [2.75, 3.05) is 5.73 Å². The number of anilines is 1. The third kappa shape index (κ3) is 2.20. The normalized spacial score (nSPS) is 20.6. The molecule has 2 rings (SSSR count). The molecule has 1 aliphatic rings. The van der Waals surface area contributed by atoms with Gasteiger partial charge in [-0.3, -0.25) is 0 Å². The van der Waals surface area contributed by atoms with E-state index in [1.165, 1.54) is 38.5 Å². The van der Waals surface area contributed by atoms with Crippen molar-refractivity contribution in [1.82, 2.24) is 10.1 Å². The Hall–Kier alpha value is -1.06. The van der Waals surface area contributed by atoms with E-state index < -0.39 is 0 Å². The van der Waals surface area contributed by atoms with Crippen LogP contribution in [0.1, 0.15) is 64.1 Å². The first-order valence-corrected chi connectivity index (χ1v) is 6.36. The van der Waals surface area contributed by atoms with E-state index in [1.807, 2.05) is 0 Å². The number of aromatic nitrogens is 2. The fourth-order valence-electron chi connectivity index (χ4n) is 2.92. The van der Waals surface area contributed by atoms with Crippen molar-refractivity contribution in [3.63, 3.8) is 0 Å². The van der Waals surface area contributed by atoms with Crippen molar-refractivity contribution in [2.45, 2.75) is 63.7 Å². The van der Waals surface area contributed by atoms with Gasteiger partial charge in [-0.25, -0.2) is 0 Å². The fourth-order valence-corrected chi connectivity index (χ4v) is 2.92. The number of nitrogens with zero attached hydrogens (tertiary/aromatic N) is 2. The average Bonchev–Trinajstić information content (AvgIpc) is 2.57. The van der Waals surface area contributed by atoms with E-state index in [0.29, 0.717) is 0 Å². The van der Waals surface area contributed by atoms with Crippen molar-refractivity contribution in [3.8, 4) is 0 Å². The van der Waals surface area contributed by atoms with Crippen LogP contribution in [-0.4, -0.2) is 10.1 Å². The minimum Gasteiger partial charge on any atom is -0.351 e.